The molecule has 0 bridgehead atoms. The molecule has 0 spiro atoms. The summed E-state index contributed by atoms with van der Waals surface area (Å²) in [6.45, 7) is 4.37. The maximum Gasteiger partial charge on any atom is 0.315 e. The van der Waals surface area contributed by atoms with Gasteiger partial charge in [0.25, 0.3) is 0 Å². The molecule has 240 valence electrons. The first-order valence-electron chi connectivity index (χ1n) is 14.5. The summed E-state index contributed by atoms with van der Waals surface area (Å²) < 4.78 is 35.5. The van der Waals surface area contributed by atoms with Crippen molar-refractivity contribution in [2.24, 2.45) is 5.10 Å². The molecule has 13 nitrogen and oxygen atoms in total. The Balaban J connectivity index is 1.05. The van der Waals surface area contributed by atoms with E-state index in [9.17, 15) is 14.9 Å². The predicted molar refractivity (Wildman–Crippen MR) is 170 cm³/mol. The number of nitrogens with one attached hydrogen (secondary N) is 1. The summed E-state index contributed by atoms with van der Waals surface area (Å²) in [6, 6.07) is 23.0. The van der Waals surface area contributed by atoms with Gasteiger partial charge in [-0.2, -0.15) is 5.10 Å². The summed E-state index contributed by atoms with van der Waals surface area (Å²) in [5, 5.41) is 15.8. The van der Waals surface area contributed by atoms with Gasteiger partial charge in [0.15, 0.2) is 23.0 Å². The van der Waals surface area contributed by atoms with Crippen molar-refractivity contribution in [1.29, 1.82) is 0 Å². The zero-order chi connectivity index (χ0) is 32.9. The van der Waals surface area contributed by atoms with Crippen LogP contribution in [0.5, 0.6) is 28.7 Å². The monoisotopic (exact) mass is 638 g/mol. The molecule has 5 aromatic rings. The lowest BCUT2D eigenvalue weighted by Gasteiger charge is -2.12. The number of amides is 1. The fourth-order valence-corrected chi connectivity index (χ4v) is 5.02. The van der Waals surface area contributed by atoms with Crippen LogP contribution in [0.4, 0.5) is 5.69 Å². The number of hydrogen-bond acceptors (Lipinski definition) is 10. The Morgan fingerprint density at radius 3 is 2.47 bits per heavy atom. The molecule has 47 heavy (non-hydrogen) atoms. The molecule has 0 aliphatic carbocycles. The molecule has 0 unspecified atom stereocenters. The standard InChI is InChI=1S/C34H30N4O9/c1-21-4-5-22(2)37(21)25-7-9-26(10-8-25)43-19-27-11-13-30(47-27)34(39)36-35-17-24-14-28(38(40)41)33(32(16-24)42-3)44-18-23-6-12-29-31(15-23)46-20-45-29/h4-17H,18-20H2,1-3H3,(H,36,39)/b35-17+. The summed E-state index contributed by atoms with van der Waals surface area (Å²) in [4.78, 5) is 24.0. The number of nitro groups is 1. The fourth-order valence-electron chi connectivity index (χ4n) is 5.02. The van der Waals surface area contributed by atoms with Crippen LogP contribution in [0, 0.1) is 24.0 Å². The second-order valence-corrected chi connectivity index (χ2v) is 10.5. The third-order valence-electron chi connectivity index (χ3n) is 7.31. The maximum absolute atomic E-state index is 12.6. The molecular formula is C34H30N4O9. The first-order chi connectivity index (χ1) is 22.8. The molecule has 13 heteroatoms. The lowest BCUT2D eigenvalue weighted by Crippen LogP contribution is -2.16. The molecule has 1 amide bonds. The zero-order valence-electron chi connectivity index (χ0n) is 25.7. The summed E-state index contributed by atoms with van der Waals surface area (Å²) in [5.41, 5.74) is 6.35. The first kappa shape index (κ1) is 30.8. The van der Waals surface area contributed by atoms with E-state index < -0.39 is 10.8 Å². The minimum absolute atomic E-state index is 0.0190. The Hall–Kier alpha value is -6.24. The number of aryl methyl sites for hydroxylation is 2. The third-order valence-corrected chi connectivity index (χ3v) is 7.31. The number of carbonyl (C=O) groups excluding carboxylic acids is 1. The molecule has 0 fully saturated rings. The van der Waals surface area contributed by atoms with Crippen LogP contribution in [-0.2, 0) is 13.2 Å². The number of furan rings is 1. The number of carbonyl (C=O) groups is 1. The predicted octanol–water partition coefficient (Wildman–Crippen LogP) is 6.25. The fraction of sp³-hybridized carbons (Fsp3) is 0.176. The van der Waals surface area contributed by atoms with Crippen molar-refractivity contribution >= 4 is 17.8 Å². The number of nitrogens with zero attached hydrogens (tertiary/aromatic N) is 3. The molecular weight excluding hydrogens is 608 g/mol. The van der Waals surface area contributed by atoms with Crippen LogP contribution in [0.3, 0.4) is 0 Å². The molecule has 6 rings (SSSR count). The van der Waals surface area contributed by atoms with Gasteiger partial charge < -0.3 is 32.7 Å². The van der Waals surface area contributed by atoms with E-state index in [1.54, 1.807) is 24.3 Å². The molecule has 1 aliphatic heterocycles. The van der Waals surface area contributed by atoms with Gasteiger partial charge in [-0.1, -0.05) is 6.07 Å². The highest BCUT2D eigenvalue weighted by molar-refractivity contribution is 5.92. The Bertz CT molecular complexity index is 1940. The number of rotatable bonds is 12. The van der Waals surface area contributed by atoms with Crippen molar-refractivity contribution in [2.75, 3.05) is 13.9 Å². The summed E-state index contributed by atoms with van der Waals surface area (Å²) in [6.07, 6.45) is 1.25. The zero-order valence-corrected chi connectivity index (χ0v) is 25.7. The van der Waals surface area contributed by atoms with Crippen LogP contribution >= 0.6 is 0 Å². The van der Waals surface area contributed by atoms with E-state index in [1.165, 1.54) is 31.5 Å². The van der Waals surface area contributed by atoms with Gasteiger partial charge in [0.1, 0.15) is 24.7 Å². The molecule has 3 aromatic carbocycles. The number of benzene rings is 3. The quantitative estimate of drug-likeness (QED) is 0.0950. The van der Waals surface area contributed by atoms with Gasteiger partial charge in [0, 0.05) is 28.7 Å². The Morgan fingerprint density at radius 2 is 1.72 bits per heavy atom. The van der Waals surface area contributed by atoms with E-state index in [1.807, 2.05) is 24.3 Å². The Kier molecular flexibility index (Phi) is 8.77. The van der Waals surface area contributed by atoms with E-state index in [0.29, 0.717) is 28.6 Å². The maximum atomic E-state index is 12.6. The molecule has 0 radical (unpaired) electrons. The van der Waals surface area contributed by atoms with E-state index in [-0.39, 0.29) is 43.0 Å². The van der Waals surface area contributed by atoms with Crippen molar-refractivity contribution in [3.63, 3.8) is 0 Å². The van der Waals surface area contributed by atoms with Crippen LogP contribution in [0.2, 0.25) is 0 Å². The second kappa shape index (κ2) is 13.4. The Labute approximate surface area is 269 Å². The molecule has 1 aliphatic rings. The van der Waals surface area contributed by atoms with E-state index in [0.717, 1.165) is 22.6 Å². The SMILES string of the molecule is COc1cc(/C=N/NC(=O)c2ccc(COc3ccc(-n4c(C)ccc4C)cc3)o2)cc([N+](=O)[O-])c1OCc1ccc2c(c1)OCO2. The van der Waals surface area contributed by atoms with E-state index in [4.69, 9.17) is 28.1 Å². The molecule has 2 aromatic heterocycles. The largest absolute Gasteiger partial charge is 0.493 e. The van der Waals surface area contributed by atoms with Gasteiger partial charge >= 0.3 is 11.6 Å². The molecule has 0 saturated heterocycles. The normalized spacial score (nSPS) is 11.9. The average molecular weight is 639 g/mol. The first-order valence-corrected chi connectivity index (χ1v) is 14.5. The van der Waals surface area contributed by atoms with E-state index in [2.05, 4.69) is 41.1 Å². The van der Waals surface area contributed by atoms with Crippen LogP contribution < -0.4 is 29.1 Å². The highest BCUT2D eigenvalue weighted by Crippen LogP contribution is 2.39. The van der Waals surface area contributed by atoms with Crippen LogP contribution in [0.25, 0.3) is 5.69 Å². The number of hydrogen-bond donors (Lipinski definition) is 1. The number of fused-ring (bicyclic) bond motifs is 1. The number of ether oxygens (including phenoxy) is 5. The highest BCUT2D eigenvalue weighted by atomic mass is 16.7. The van der Waals surface area contributed by atoms with Gasteiger partial charge in [-0.05, 0) is 86.1 Å². The molecule has 1 N–H and O–H groups in total. The van der Waals surface area contributed by atoms with Crippen molar-refractivity contribution in [2.45, 2.75) is 27.1 Å². The smallest absolute Gasteiger partial charge is 0.315 e. The molecule has 3 heterocycles. The second-order valence-electron chi connectivity index (χ2n) is 10.5. The highest BCUT2D eigenvalue weighted by Gasteiger charge is 2.23. The lowest BCUT2D eigenvalue weighted by atomic mass is 10.1. The van der Waals surface area contributed by atoms with Crippen molar-refractivity contribution < 1.29 is 37.8 Å². The van der Waals surface area contributed by atoms with Gasteiger partial charge in [-0.25, -0.2) is 5.43 Å². The molecule has 0 atom stereocenters. The van der Waals surface area contributed by atoms with Gasteiger partial charge in [0.2, 0.25) is 12.5 Å². The van der Waals surface area contributed by atoms with Gasteiger partial charge in [0.05, 0.1) is 18.2 Å². The molecule has 0 saturated carbocycles. The van der Waals surface area contributed by atoms with Crippen molar-refractivity contribution in [1.82, 2.24) is 9.99 Å². The Morgan fingerprint density at radius 1 is 0.957 bits per heavy atom. The number of methoxy groups -OCH3 is 1. The third kappa shape index (κ3) is 6.88. The minimum Gasteiger partial charge on any atom is -0.493 e. The van der Waals surface area contributed by atoms with Crippen LogP contribution in [0.1, 0.15) is 38.8 Å². The van der Waals surface area contributed by atoms with Gasteiger partial charge in [-0.3, -0.25) is 14.9 Å². The van der Waals surface area contributed by atoms with Crippen molar-refractivity contribution in [3.05, 3.63) is 123 Å². The van der Waals surface area contributed by atoms with Crippen LogP contribution in [-0.4, -0.2) is 35.5 Å². The summed E-state index contributed by atoms with van der Waals surface area (Å²) >= 11 is 0. The number of nitro benzene ring substituents is 1. The summed E-state index contributed by atoms with van der Waals surface area (Å²) in [7, 11) is 1.37. The number of hydrazone groups is 1. The summed E-state index contributed by atoms with van der Waals surface area (Å²) in [5.74, 6) is 1.75. The lowest BCUT2D eigenvalue weighted by molar-refractivity contribution is -0.386. The topological polar surface area (TPSA) is 149 Å². The minimum atomic E-state index is -0.612. The number of aromatic nitrogens is 1. The van der Waals surface area contributed by atoms with Crippen molar-refractivity contribution in [3.8, 4) is 34.4 Å². The van der Waals surface area contributed by atoms with E-state index >= 15 is 0 Å². The van der Waals surface area contributed by atoms with Gasteiger partial charge in [-0.15, -0.1) is 0 Å². The van der Waals surface area contributed by atoms with Crippen LogP contribution in [0.15, 0.2) is 88.4 Å². The average Bonchev–Trinajstić information content (AvgIpc) is 3.83.